The van der Waals surface area contributed by atoms with Crippen molar-refractivity contribution >= 4 is 11.9 Å². The van der Waals surface area contributed by atoms with E-state index in [0.29, 0.717) is 31.6 Å². The second kappa shape index (κ2) is 13.7. The van der Waals surface area contributed by atoms with Crippen LogP contribution in [0.4, 0.5) is 0 Å². The number of rotatable bonds is 14. The Hall–Kier alpha value is -3.33. The van der Waals surface area contributed by atoms with Gasteiger partial charge in [0.1, 0.15) is 5.75 Å². The first-order valence-corrected chi connectivity index (χ1v) is 12.6. The minimum Gasteiger partial charge on any atom is -0.494 e. The third-order valence-corrected chi connectivity index (χ3v) is 6.59. The van der Waals surface area contributed by atoms with Crippen LogP contribution < -0.4 is 4.74 Å². The molecule has 36 heavy (non-hydrogen) atoms. The molecule has 194 valence electrons. The van der Waals surface area contributed by atoms with E-state index in [2.05, 4.69) is 6.07 Å². The number of carbonyl (C=O) groups is 2. The molecule has 2 rings (SSSR count). The second-order valence-corrected chi connectivity index (χ2v) is 10.1. The Morgan fingerprint density at radius 1 is 0.833 bits per heavy atom. The molecular formula is C30H39NO5. The maximum absolute atomic E-state index is 12.6. The molecule has 0 amide bonds. The maximum Gasteiger partial charge on any atom is 0.311 e. The number of hydrogen-bond acceptors (Lipinski definition) is 6. The molecule has 2 aromatic rings. The highest BCUT2D eigenvalue weighted by Gasteiger charge is 2.42. The SMILES string of the molecule is CCC(C)(CC(C)(C)C(=O)OCCCCCCOc1ccc(-c2ccc(C#N)cc2)cc1)C(=O)OC. The van der Waals surface area contributed by atoms with Gasteiger partial charge in [0.15, 0.2) is 0 Å². The Morgan fingerprint density at radius 3 is 1.92 bits per heavy atom. The number of hydrogen-bond donors (Lipinski definition) is 0. The third-order valence-electron chi connectivity index (χ3n) is 6.59. The lowest BCUT2D eigenvalue weighted by Crippen LogP contribution is -2.38. The minimum absolute atomic E-state index is 0.279. The molecule has 1 atom stereocenters. The van der Waals surface area contributed by atoms with E-state index in [1.165, 1.54) is 7.11 Å². The Bertz CT molecular complexity index is 1020. The number of benzene rings is 2. The molecule has 0 radical (unpaired) electrons. The van der Waals surface area contributed by atoms with Crippen LogP contribution in [-0.2, 0) is 19.1 Å². The lowest BCUT2D eigenvalue weighted by atomic mass is 9.72. The summed E-state index contributed by atoms with van der Waals surface area (Å²) in [6, 6.07) is 17.6. The molecule has 0 saturated carbocycles. The van der Waals surface area contributed by atoms with Crippen molar-refractivity contribution in [2.24, 2.45) is 10.8 Å². The molecule has 0 saturated heterocycles. The van der Waals surface area contributed by atoms with E-state index in [0.717, 1.165) is 42.6 Å². The molecule has 0 aliphatic rings. The summed E-state index contributed by atoms with van der Waals surface area (Å²) in [5, 5.41) is 8.91. The smallest absolute Gasteiger partial charge is 0.311 e. The molecule has 6 nitrogen and oxygen atoms in total. The molecule has 0 N–H and O–H groups in total. The van der Waals surface area contributed by atoms with E-state index in [1.54, 1.807) is 0 Å². The van der Waals surface area contributed by atoms with E-state index in [4.69, 9.17) is 19.5 Å². The summed E-state index contributed by atoms with van der Waals surface area (Å²) in [7, 11) is 1.38. The van der Waals surface area contributed by atoms with Crippen LogP contribution >= 0.6 is 0 Å². The van der Waals surface area contributed by atoms with E-state index >= 15 is 0 Å². The van der Waals surface area contributed by atoms with Gasteiger partial charge in [-0.05, 0) is 94.7 Å². The van der Waals surface area contributed by atoms with Gasteiger partial charge < -0.3 is 14.2 Å². The molecule has 0 aliphatic heterocycles. The number of esters is 2. The highest BCUT2D eigenvalue weighted by atomic mass is 16.5. The van der Waals surface area contributed by atoms with Gasteiger partial charge in [-0.3, -0.25) is 9.59 Å². The van der Waals surface area contributed by atoms with Crippen LogP contribution in [0.2, 0.25) is 0 Å². The fourth-order valence-electron chi connectivity index (χ4n) is 4.22. The molecule has 2 aromatic carbocycles. The second-order valence-electron chi connectivity index (χ2n) is 10.1. The molecule has 0 fully saturated rings. The summed E-state index contributed by atoms with van der Waals surface area (Å²) in [5.41, 5.74) is 1.32. The van der Waals surface area contributed by atoms with E-state index in [-0.39, 0.29) is 11.9 Å². The monoisotopic (exact) mass is 493 g/mol. The summed E-state index contributed by atoms with van der Waals surface area (Å²) < 4.78 is 16.3. The Kier molecular flexibility index (Phi) is 11.0. The van der Waals surface area contributed by atoms with Gasteiger partial charge in [-0.1, -0.05) is 31.2 Å². The lowest BCUT2D eigenvalue weighted by Gasteiger charge is -2.33. The fourth-order valence-corrected chi connectivity index (χ4v) is 4.22. The maximum atomic E-state index is 12.6. The van der Waals surface area contributed by atoms with Crippen molar-refractivity contribution in [2.75, 3.05) is 20.3 Å². The summed E-state index contributed by atoms with van der Waals surface area (Å²) in [6.45, 7) is 8.41. The zero-order chi connectivity index (χ0) is 26.6. The average Bonchev–Trinajstić information content (AvgIpc) is 2.89. The first-order chi connectivity index (χ1) is 17.1. The van der Waals surface area contributed by atoms with Crippen molar-refractivity contribution in [3.63, 3.8) is 0 Å². The number of nitriles is 1. The Morgan fingerprint density at radius 2 is 1.39 bits per heavy atom. The van der Waals surface area contributed by atoms with Crippen LogP contribution in [0.5, 0.6) is 5.75 Å². The van der Waals surface area contributed by atoms with Gasteiger partial charge in [0.25, 0.3) is 0 Å². The first kappa shape index (κ1) is 28.9. The van der Waals surface area contributed by atoms with Crippen LogP contribution in [0.25, 0.3) is 11.1 Å². The van der Waals surface area contributed by atoms with Crippen LogP contribution in [0.15, 0.2) is 48.5 Å². The minimum atomic E-state index is -0.761. The van der Waals surface area contributed by atoms with E-state index < -0.39 is 10.8 Å². The zero-order valence-electron chi connectivity index (χ0n) is 22.3. The average molecular weight is 494 g/mol. The van der Waals surface area contributed by atoms with Gasteiger partial charge in [-0.25, -0.2) is 0 Å². The number of carbonyl (C=O) groups excluding carboxylic acids is 2. The Labute approximate surface area is 215 Å². The number of ether oxygens (including phenoxy) is 3. The predicted molar refractivity (Wildman–Crippen MR) is 140 cm³/mol. The van der Waals surface area contributed by atoms with Crippen molar-refractivity contribution in [3.8, 4) is 22.9 Å². The van der Waals surface area contributed by atoms with Crippen LogP contribution in [0.3, 0.4) is 0 Å². The standard InChI is InChI=1S/C30H39NO5/c1-6-30(4,28(33)34-5)22-29(2,3)27(32)36-20-10-8-7-9-19-35-26-17-15-25(16-18-26)24-13-11-23(21-31)12-14-24/h11-18H,6-10,19-20,22H2,1-5H3. The third kappa shape index (κ3) is 8.41. The predicted octanol–water partition coefficient (Wildman–Crippen LogP) is 6.71. The summed E-state index contributed by atoms with van der Waals surface area (Å²) in [5.74, 6) is 0.254. The van der Waals surface area contributed by atoms with Crippen molar-refractivity contribution in [2.45, 2.75) is 66.2 Å². The highest BCUT2D eigenvalue weighted by molar-refractivity contribution is 5.80. The largest absolute Gasteiger partial charge is 0.494 e. The van der Waals surface area contributed by atoms with Gasteiger partial charge in [0.05, 0.1) is 42.8 Å². The van der Waals surface area contributed by atoms with Crippen molar-refractivity contribution in [1.82, 2.24) is 0 Å². The van der Waals surface area contributed by atoms with Crippen molar-refractivity contribution < 1.29 is 23.8 Å². The van der Waals surface area contributed by atoms with Crippen LogP contribution in [0.1, 0.15) is 71.8 Å². The topological polar surface area (TPSA) is 85.6 Å². The highest BCUT2D eigenvalue weighted by Crippen LogP contribution is 2.38. The van der Waals surface area contributed by atoms with Gasteiger partial charge in [-0.2, -0.15) is 5.26 Å². The first-order valence-electron chi connectivity index (χ1n) is 12.6. The number of nitrogens with zero attached hydrogens (tertiary/aromatic N) is 1. The molecule has 0 heterocycles. The van der Waals surface area contributed by atoms with Crippen molar-refractivity contribution in [3.05, 3.63) is 54.1 Å². The molecule has 0 bridgehead atoms. The van der Waals surface area contributed by atoms with Gasteiger partial charge >= 0.3 is 11.9 Å². The normalized spacial score (nSPS) is 12.8. The number of methoxy groups -OCH3 is 1. The molecule has 6 heteroatoms. The van der Waals surface area contributed by atoms with Crippen LogP contribution in [-0.4, -0.2) is 32.3 Å². The molecule has 0 spiro atoms. The van der Waals surface area contributed by atoms with Gasteiger partial charge in [0, 0.05) is 0 Å². The van der Waals surface area contributed by atoms with Crippen LogP contribution in [0, 0.1) is 22.2 Å². The quantitative estimate of drug-likeness (QED) is 0.215. The lowest BCUT2D eigenvalue weighted by molar-refractivity contribution is -0.161. The summed E-state index contributed by atoms with van der Waals surface area (Å²) >= 11 is 0. The summed E-state index contributed by atoms with van der Waals surface area (Å²) in [6.07, 6.45) is 4.63. The Balaban J connectivity index is 1.63. The van der Waals surface area contributed by atoms with Gasteiger partial charge in [0.2, 0.25) is 0 Å². The molecule has 0 aromatic heterocycles. The van der Waals surface area contributed by atoms with E-state index in [9.17, 15) is 9.59 Å². The molecule has 0 aliphatic carbocycles. The summed E-state index contributed by atoms with van der Waals surface area (Å²) in [4.78, 5) is 24.7. The molecular weight excluding hydrogens is 454 g/mol. The fraction of sp³-hybridized carbons (Fsp3) is 0.500. The van der Waals surface area contributed by atoms with E-state index in [1.807, 2.05) is 76.2 Å². The number of unbranched alkanes of at least 4 members (excludes halogenated alkanes) is 3. The van der Waals surface area contributed by atoms with Crippen molar-refractivity contribution in [1.29, 1.82) is 5.26 Å². The van der Waals surface area contributed by atoms with Gasteiger partial charge in [-0.15, -0.1) is 0 Å². The molecule has 1 unspecified atom stereocenters. The zero-order valence-corrected chi connectivity index (χ0v) is 22.3.